The molecule has 0 N–H and O–H groups in total. The summed E-state index contributed by atoms with van der Waals surface area (Å²) in [5, 5.41) is 0. The Bertz CT molecular complexity index is 995. The summed E-state index contributed by atoms with van der Waals surface area (Å²) in [4.78, 5) is 15.2. The van der Waals surface area contributed by atoms with E-state index in [0.29, 0.717) is 15.8 Å². The molecule has 0 radical (unpaired) electrons. The SMILES string of the molecule is COc1ccc(CN2C(=O)/C(=C/C3=Cc4ccccc4O[C@H]3C)SC2=S)cc1. The zero-order chi connectivity index (χ0) is 19.7. The monoisotopic (exact) mass is 409 g/mol. The van der Waals surface area contributed by atoms with Gasteiger partial charge in [-0.2, -0.15) is 0 Å². The number of para-hydroxylation sites is 1. The lowest BCUT2D eigenvalue weighted by molar-refractivity contribution is -0.122. The van der Waals surface area contributed by atoms with Crippen LogP contribution in [0.3, 0.4) is 0 Å². The molecule has 0 saturated carbocycles. The molecule has 28 heavy (non-hydrogen) atoms. The van der Waals surface area contributed by atoms with E-state index in [1.807, 2.05) is 61.5 Å². The molecule has 0 aromatic heterocycles. The van der Waals surface area contributed by atoms with E-state index in [0.717, 1.165) is 28.2 Å². The molecule has 1 fully saturated rings. The first-order chi connectivity index (χ1) is 13.5. The number of rotatable bonds is 4. The Kier molecular flexibility index (Phi) is 5.24. The van der Waals surface area contributed by atoms with Crippen molar-refractivity contribution in [3.8, 4) is 11.5 Å². The van der Waals surface area contributed by atoms with Gasteiger partial charge in [-0.1, -0.05) is 54.3 Å². The zero-order valence-electron chi connectivity index (χ0n) is 15.5. The predicted octanol–water partition coefficient (Wildman–Crippen LogP) is 4.80. The maximum atomic E-state index is 12.9. The lowest BCUT2D eigenvalue weighted by Crippen LogP contribution is -2.27. The van der Waals surface area contributed by atoms with Gasteiger partial charge in [0, 0.05) is 5.56 Å². The predicted molar refractivity (Wildman–Crippen MR) is 116 cm³/mol. The molecule has 6 heteroatoms. The Morgan fingerprint density at radius 1 is 1.21 bits per heavy atom. The third-order valence-electron chi connectivity index (χ3n) is 4.69. The molecule has 1 saturated heterocycles. The Hall–Kier alpha value is -2.57. The number of hydrogen-bond donors (Lipinski definition) is 0. The fourth-order valence-electron chi connectivity index (χ4n) is 3.12. The van der Waals surface area contributed by atoms with Crippen LogP contribution in [0.1, 0.15) is 18.1 Å². The minimum atomic E-state index is -0.125. The largest absolute Gasteiger partial charge is 0.497 e. The number of carbonyl (C=O) groups is 1. The molecule has 1 atom stereocenters. The van der Waals surface area contributed by atoms with E-state index in [-0.39, 0.29) is 12.0 Å². The molecular weight excluding hydrogens is 390 g/mol. The number of hydrogen-bond acceptors (Lipinski definition) is 5. The molecule has 1 amide bonds. The minimum Gasteiger partial charge on any atom is -0.497 e. The van der Waals surface area contributed by atoms with Crippen LogP contribution >= 0.6 is 24.0 Å². The normalized spacial score (nSPS) is 20.1. The van der Waals surface area contributed by atoms with Crippen molar-refractivity contribution in [3.05, 3.63) is 76.2 Å². The van der Waals surface area contributed by atoms with E-state index in [4.69, 9.17) is 21.7 Å². The molecule has 2 aliphatic heterocycles. The second-order valence-electron chi connectivity index (χ2n) is 6.56. The summed E-state index contributed by atoms with van der Waals surface area (Å²) < 4.78 is 11.7. The quantitative estimate of drug-likeness (QED) is 0.536. The van der Waals surface area contributed by atoms with E-state index < -0.39 is 0 Å². The first kappa shape index (κ1) is 18.8. The van der Waals surface area contributed by atoms with E-state index in [1.165, 1.54) is 11.8 Å². The lowest BCUT2D eigenvalue weighted by atomic mass is 10.0. The Labute approximate surface area is 173 Å². The first-order valence-corrected chi connectivity index (χ1v) is 10.1. The second-order valence-corrected chi connectivity index (χ2v) is 8.23. The van der Waals surface area contributed by atoms with Crippen molar-refractivity contribution in [2.24, 2.45) is 0 Å². The molecule has 0 unspecified atom stereocenters. The van der Waals surface area contributed by atoms with Crippen LogP contribution in [-0.2, 0) is 11.3 Å². The average Bonchev–Trinajstić information content (AvgIpc) is 2.96. The number of methoxy groups -OCH3 is 1. The van der Waals surface area contributed by atoms with Crippen molar-refractivity contribution in [1.29, 1.82) is 0 Å². The van der Waals surface area contributed by atoms with Crippen LogP contribution < -0.4 is 9.47 Å². The maximum Gasteiger partial charge on any atom is 0.266 e. The number of benzene rings is 2. The number of nitrogens with zero attached hydrogens (tertiary/aromatic N) is 1. The molecule has 2 heterocycles. The molecule has 142 valence electrons. The van der Waals surface area contributed by atoms with Gasteiger partial charge in [0.25, 0.3) is 5.91 Å². The molecule has 0 aliphatic carbocycles. The number of thioether (sulfide) groups is 1. The van der Waals surface area contributed by atoms with Gasteiger partial charge >= 0.3 is 0 Å². The Balaban J connectivity index is 1.55. The summed E-state index contributed by atoms with van der Waals surface area (Å²) in [5.74, 6) is 1.57. The van der Waals surface area contributed by atoms with Gasteiger partial charge in [0.1, 0.15) is 21.9 Å². The van der Waals surface area contributed by atoms with Gasteiger partial charge in [-0.3, -0.25) is 9.69 Å². The van der Waals surface area contributed by atoms with E-state index in [2.05, 4.69) is 6.08 Å². The van der Waals surface area contributed by atoms with Crippen LogP contribution in [0.5, 0.6) is 11.5 Å². The summed E-state index contributed by atoms with van der Waals surface area (Å²) in [6, 6.07) is 15.5. The van der Waals surface area contributed by atoms with Crippen molar-refractivity contribution in [1.82, 2.24) is 4.90 Å². The third-order valence-corrected chi connectivity index (χ3v) is 6.06. The first-order valence-electron chi connectivity index (χ1n) is 8.91. The molecule has 4 nitrogen and oxygen atoms in total. The molecule has 4 rings (SSSR count). The third kappa shape index (κ3) is 3.70. The van der Waals surface area contributed by atoms with E-state index in [1.54, 1.807) is 12.0 Å². The van der Waals surface area contributed by atoms with Crippen LogP contribution in [0.25, 0.3) is 6.08 Å². The molecule has 2 aliphatic rings. The van der Waals surface area contributed by atoms with Crippen LogP contribution in [0, 0.1) is 0 Å². The van der Waals surface area contributed by atoms with Crippen molar-refractivity contribution in [2.75, 3.05) is 7.11 Å². The van der Waals surface area contributed by atoms with E-state index >= 15 is 0 Å². The molecule has 0 spiro atoms. The van der Waals surface area contributed by atoms with Crippen molar-refractivity contribution >= 4 is 40.3 Å². The maximum absolute atomic E-state index is 12.9. The fourth-order valence-corrected chi connectivity index (χ4v) is 4.38. The van der Waals surface area contributed by atoms with Crippen molar-refractivity contribution in [2.45, 2.75) is 19.6 Å². The number of carbonyl (C=O) groups excluding carboxylic acids is 1. The number of ether oxygens (including phenoxy) is 2. The number of amides is 1. The summed E-state index contributed by atoms with van der Waals surface area (Å²) >= 11 is 6.79. The van der Waals surface area contributed by atoms with Gasteiger partial charge < -0.3 is 9.47 Å². The Morgan fingerprint density at radius 2 is 1.96 bits per heavy atom. The lowest BCUT2D eigenvalue weighted by Gasteiger charge is -2.23. The summed E-state index contributed by atoms with van der Waals surface area (Å²) in [6.45, 7) is 2.43. The molecule has 0 bridgehead atoms. The van der Waals surface area contributed by atoms with Crippen LogP contribution in [0.2, 0.25) is 0 Å². The second kappa shape index (κ2) is 7.81. The van der Waals surface area contributed by atoms with Gasteiger partial charge in [-0.25, -0.2) is 0 Å². The molecule has 2 aromatic rings. The number of fused-ring (bicyclic) bond motifs is 1. The highest BCUT2D eigenvalue weighted by atomic mass is 32.2. The topological polar surface area (TPSA) is 38.8 Å². The highest BCUT2D eigenvalue weighted by Crippen LogP contribution is 2.36. The summed E-state index contributed by atoms with van der Waals surface area (Å²) in [6.07, 6.45) is 3.84. The smallest absolute Gasteiger partial charge is 0.266 e. The molecule has 2 aromatic carbocycles. The highest BCUT2D eigenvalue weighted by Gasteiger charge is 2.33. The average molecular weight is 410 g/mol. The van der Waals surface area contributed by atoms with Crippen molar-refractivity contribution in [3.63, 3.8) is 0 Å². The van der Waals surface area contributed by atoms with Crippen molar-refractivity contribution < 1.29 is 14.3 Å². The van der Waals surface area contributed by atoms with Gasteiger partial charge in [0.05, 0.1) is 18.6 Å². The summed E-state index contributed by atoms with van der Waals surface area (Å²) in [5.41, 5.74) is 2.98. The zero-order valence-corrected chi connectivity index (χ0v) is 17.2. The van der Waals surface area contributed by atoms with Crippen LogP contribution in [0.15, 0.2) is 65.1 Å². The number of thiocarbonyl (C=S) groups is 1. The van der Waals surface area contributed by atoms with E-state index in [9.17, 15) is 4.79 Å². The summed E-state index contributed by atoms with van der Waals surface area (Å²) in [7, 11) is 1.63. The van der Waals surface area contributed by atoms with Crippen LogP contribution in [0.4, 0.5) is 0 Å². The Morgan fingerprint density at radius 3 is 2.71 bits per heavy atom. The van der Waals surface area contributed by atoms with Gasteiger partial charge in [0.15, 0.2) is 0 Å². The van der Waals surface area contributed by atoms with Gasteiger partial charge in [0.2, 0.25) is 0 Å². The standard InChI is InChI=1S/C22H19NO3S2/c1-14-17(11-16-5-3-4-6-19(16)26-14)12-20-21(24)23(22(27)28-20)13-15-7-9-18(25-2)10-8-15/h3-12,14H,13H2,1-2H3/b20-12-/t14-/m0/s1. The van der Waals surface area contributed by atoms with Crippen LogP contribution in [-0.4, -0.2) is 28.3 Å². The van der Waals surface area contributed by atoms with Gasteiger partial charge in [-0.15, -0.1) is 0 Å². The van der Waals surface area contributed by atoms with Gasteiger partial charge in [-0.05, 0) is 48.4 Å². The minimum absolute atomic E-state index is 0.0715. The fraction of sp³-hybridized carbons (Fsp3) is 0.182. The molecular formula is C22H19NO3S2. The highest BCUT2D eigenvalue weighted by molar-refractivity contribution is 8.26.